The van der Waals surface area contributed by atoms with Crippen molar-refractivity contribution in [3.8, 4) is 0 Å². The number of anilines is 2. The van der Waals surface area contributed by atoms with Gasteiger partial charge in [-0.1, -0.05) is 36.4 Å². The molecule has 0 spiro atoms. The second-order valence-electron chi connectivity index (χ2n) is 4.91. The average Bonchev–Trinajstić information content (AvgIpc) is 2.54. The molecule has 2 aromatic rings. The first-order chi connectivity index (χ1) is 10.6. The summed E-state index contributed by atoms with van der Waals surface area (Å²) in [5.41, 5.74) is 7.24. The van der Waals surface area contributed by atoms with Crippen molar-refractivity contribution in [1.29, 1.82) is 0 Å². The lowest BCUT2D eigenvalue weighted by Crippen LogP contribution is -2.36. The lowest BCUT2D eigenvalue weighted by molar-refractivity contribution is -0.118. The molecule has 2 aromatic carbocycles. The van der Waals surface area contributed by atoms with Crippen LogP contribution < -0.4 is 16.4 Å². The van der Waals surface area contributed by atoms with E-state index in [-0.39, 0.29) is 24.7 Å². The topological polar surface area (TPSA) is 84.2 Å². The summed E-state index contributed by atoms with van der Waals surface area (Å²) in [6.07, 6.45) is 0.482. The molecule has 5 heteroatoms. The van der Waals surface area contributed by atoms with Gasteiger partial charge in [-0.2, -0.15) is 0 Å². The van der Waals surface area contributed by atoms with E-state index in [0.29, 0.717) is 5.69 Å². The molecule has 0 unspecified atom stereocenters. The van der Waals surface area contributed by atoms with E-state index in [9.17, 15) is 9.59 Å². The van der Waals surface area contributed by atoms with Crippen LogP contribution in [0.25, 0.3) is 0 Å². The molecule has 0 aliphatic carbocycles. The van der Waals surface area contributed by atoms with Crippen LogP contribution in [-0.2, 0) is 9.59 Å². The van der Waals surface area contributed by atoms with E-state index in [1.165, 1.54) is 0 Å². The van der Waals surface area contributed by atoms with Gasteiger partial charge in [-0.15, -0.1) is 0 Å². The van der Waals surface area contributed by atoms with Gasteiger partial charge in [0.2, 0.25) is 11.8 Å². The van der Waals surface area contributed by atoms with E-state index in [1.807, 2.05) is 36.4 Å². The molecule has 0 saturated carbocycles. The molecule has 22 heavy (non-hydrogen) atoms. The van der Waals surface area contributed by atoms with Gasteiger partial charge in [0, 0.05) is 17.8 Å². The smallest absolute Gasteiger partial charge is 0.241 e. The first kappa shape index (κ1) is 15.7. The molecule has 1 atom stereocenters. The van der Waals surface area contributed by atoms with Crippen LogP contribution in [0.1, 0.15) is 12.8 Å². The molecule has 2 amide bonds. The minimum atomic E-state index is -0.721. The average molecular weight is 297 g/mol. The molecule has 2 rings (SSSR count). The Morgan fingerprint density at radius 1 is 0.864 bits per heavy atom. The third-order valence-electron chi connectivity index (χ3n) is 3.12. The minimum absolute atomic E-state index is 0.158. The van der Waals surface area contributed by atoms with Gasteiger partial charge in [0.15, 0.2) is 0 Å². The van der Waals surface area contributed by atoms with Crippen molar-refractivity contribution >= 4 is 23.2 Å². The van der Waals surface area contributed by atoms with Gasteiger partial charge in [-0.3, -0.25) is 9.59 Å². The summed E-state index contributed by atoms with van der Waals surface area (Å²) in [5.74, 6) is -0.451. The van der Waals surface area contributed by atoms with Crippen LogP contribution in [0.2, 0.25) is 0 Å². The van der Waals surface area contributed by atoms with E-state index >= 15 is 0 Å². The molecule has 4 N–H and O–H groups in total. The molecule has 0 bridgehead atoms. The predicted octanol–water partition coefficient (Wildman–Crippen LogP) is 2.37. The third-order valence-corrected chi connectivity index (χ3v) is 3.12. The van der Waals surface area contributed by atoms with Crippen molar-refractivity contribution in [2.75, 3.05) is 10.6 Å². The molecule has 0 aliphatic rings. The fourth-order valence-corrected chi connectivity index (χ4v) is 1.92. The summed E-state index contributed by atoms with van der Waals surface area (Å²) in [4.78, 5) is 23.7. The largest absolute Gasteiger partial charge is 0.326 e. The van der Waals surface area contributed by atoms with Crippen molar-refractivity contribution in [1.82, 2.24) is 0 Å². The number of nitrogens with one attached hydrogen (secondary N) is 2. The van der Waals surface area contributed by atoms with E-state index in [1.54, 1.807) is 24.3 Å². The van der Waals surface area contributed by atoms with Crippen LogP contribution in [0.15, 0.2) is 60.7 Å². The maximum absolute atomic E-state index is 11.9. The van der Waals surface area contributed by atoms with Gasteiger partial charge in [0.1, 0.15) is 0 Å². The highest BCUT2D eigenvalue weighted by molar-refractivity contribution is 5.95. The van der Waals surface area contributed by atoms with Crippen molar-refractivity contribution < 1.29 is 9.59 Å². The predicted molar refractivity (Wildman–Crippen MR) is 87.4 cm³/mol. The number of hydrogen-bond donors (Lipinski definition) is 3. The minimum Gasteiger partial charge on any atom is -0.326 e. The van der Waals surface area contributed by atoms with Crippen molar-refractivity contribution in [2.45, 2.75) is 18.9 Å². The number of hydrogen-bond acceptors (Lipinski definition) is 3. The zero-order chi connectivity index (χ0) is 15.8. The zero-order valence-corrected chi connectivity index (χ0v) is 12.2. The first-order valence-corrected chi connectivity index (χ1v) is 7.11. The fraction of sp³-hybridized carbons (Fsp3) is 0.176. The van der Waals surface area contributed by atoms with Crippen molar-refractivity contribution in [3.05, 3.63) is 60.7 Å². The van der Waals surface area contributed by atoms with Crippen LogP contribution in [0.4, 0.5) is 11.4 Å². The Hall–Kier alpha value is -2.66. The Kier molecular flexibility index (Phi) is 5.68. The molecule has 0 fully saturated rings. The van der Waals surface area contributed by atoms with E-state index < -0.39 is 6.04 Å². The Labute approximate surface area is 129 Å². The number of para-hydroxylation sites is 2. The Balaban J connectivity index is 1.76. The van der Waals surface area contributed by atoms with Crippen molar-refractivity contribution in [3.63, 3.8) is 0 Å². The van der Waals surface area contributed by atoms with Crippen LogP contribution in [0, 0.1) is 0 Å². The second-order valence-corrected chi connectivity index (χ2v) is 4.91. The number of rotatable bonds is 6. The summed E-state index contributed by atoms with van der Waals surface area (Å²) in [6, 6.07) is 17.5. The molecule has 0 aromatic heterocycles. The van der Waals surface area contributed by atoms with Gasteiger partial charge in [0.25, 0.3) is 0 Å². The van der Waals surface area contributed by atoms with E-state index in [4.69, 9.17) is 5.73 Å². The van der Waals surface area contributed by atoms with Gasteiger partial charge >= 0.3 is 0 Å². The lowest BCUT2D eigenvalue weighted by Gasteiger charge is -2.12. The number of carbonyl (C=O) groups is 2. The summed E-state index contributed by atoms with van der Waals surface area (Å²) in [7, 11) is 0. The van der Waals surface area contributed by atoms with E-state index in [0.717, 1.165) is 5.69 Å². The number of carbonyl (C=O) groups excluding carboxylic acids is 2. The summed E-state index contributed by atoms with van der Waals surface area (Å²) < 4.78 is 0. The highest BCUT2D eigenvalue weighted by Crippen LogP contribution is 2.08. The molecule has 0 radical (unpaired) electrons. The molecule has 0 saturated heterocycles. The normalized spacial score (nSPS) is 11.5. The number of amides is 2. The lowest BCUT2D eigenvalue weighted by atomic mass is 10.1. The molecular weight excluding hydrogens is 278 g/mol. The van der Waals surface area contributed by atoms with Gasteiger partial charge in [-0.25, -0.2) is 0 Å². The standard InChI is InChI=1S/C17H19N3O2/c18-15(17(22)20-14-9-5-2-6-10-14)11-12-16(21)19-13-7-3-1-4-8-13/h1-10,15H,11-12,18H2,(H,19,21)(H,20,22)/t15-/m1/s1. The Morgan fingerprint density at radius 3 is 1.91 bits per heavy atom. The molecule has 114 valence electrons. The molecule has 0 aliphatic heterocycles. The maximum Gasteiger partial charge on any atom is 0.241 e. The summed E-state index contributed by atoms with van der Waals surface area (Å²) in [6.45, 7) is 0. The van der Waals surface area contributed by atoms with Crippen LogP contribution in [-0.4, -0.2) is 17.9 Å². The summed E-state index contributed by atoms with van der Waals surface area (Å²) in [5, 5.41) is 5.48. The number of benzene rings is 2. The third kappa shape index (κ3) is 5.03. The maximum atomic E-state index is 11.9. The molecule has 5 nitrogen and oxygen atoms in total. The number of nitrogens with two attached hydrogens (primary N) is 1. The monoisotopic (exact) mass is 297 g/mol. The van der Waals surface area contributed by atoms with Crippen molar-refractivity contribution in [2.24, 2.45) is 5.73 Å². The first-order valence-electron chi connectivity index (χ1n) is 7.11. The summed E-state index contributed by atoms with van der Waals surface area (Å²) >= 11 is 0. The molecule has 0 heterocycles. The Bertz CT molecular complexity index is 614. The van der Waals surface area contributed by atoms with Gasteiger partial charge < -0.3 is 16.4 Å². The van der Waals surface area contributed by atoms with Crippen LogP contribution in [0.5, 0.6) is 0 Å². The quantitative estimate of drug-likeness (QED) is 0.765. The van der Waals surface area contributed by atoms with E-state index in [2.05, 4.69) is 10.6 Å². The Morgan fingerprint density at radius 2 is 1.36 bits per heavy atom. The van der Waals surface area contributed by atoms with Gasteiger partial charge in [-0.05, 0) is 30.7 Å². The fourth-order valence-electron chi connectivity index (χ4n) is 1.92. The van der Waals surface area contributed by atoms with Gasteiger partial charge in [0.05, 0.1) is 6.04 Å². The second kappa shape index (κ2) is 7.95. The SMILES string of the molecule is N[C@H](CCC(=O)Nc1ccccc1)C(=O)Nc1ccccc1. The molecular formula is C17H19N3O2. The van der Waals surface area contributed by atoms with Crippen LogP contribution >= 0.6 is 0 Å². The highest BCUT2D eigenvalue weighted by Gasteiger charge is 2.15. The highest BCUT2D eigenvalue weighted by atomic mass is 16.2. The van der Waals surface area contributed by atoms with Crippen LogP contribution in [0.3, 0.4) is 0 Å². The zero-order valence-electron chi connectivity index (χ0n) is 12.2.